The van der Waals surface area contributed by atoms with Crippen molar-refractivity contribution in [2.45, 2.75) is 18.5 Å². The molecule has 10 heteroatoms. The zero-order valence-corrected chi connectivity index (χ0v) is 17.4. The van der Waals surface area contributed by atoms with Crippen molar-refractivity contribution in [1.29, 1.82) is 4.78 Å². The summed E-state index contributed by atoms with van der Waals surface area (Å²) in [5, 5.41) is 2.45. The Morgan fingerprint density at radius 1 is 1.16 bits per heavy atom. The number of benzene rings is 2. The lowest BCUT2D eigenvalue weighted by atomic mass is 10.1. The summed E-state index contributed by atoms with van der Waals surface area (Å²) in [5.41, 5.74) is -0.572. The number of nitrogens with zero attached hydrogens (tertiary/aromatic N) is 1. The van der Waals surface area contributed by atoms with E-state index in [4.69, 9.17) is 9.52 Å². The normalized spacial score (nSPS) is 12.8. The highest BCUT2D eigenvalue weighted by Gasteiger charge is 2.23. The summed E-state index contributed by atoms with van der Waals surface area (Å²) in [5.74, 6) is -2.92. The van der Waals surface area contributed by atoms with E-state index in [9.17, 15) is 22.2 Å². The van der Waals surface area contributed by atoms with Crippen LogP contribution in [0.4, 0.5) is 18.9 Å². The van der Waals surface area contributed by atoms with Crippen LogP contribution in [0.2, 0.25) is 0 Å². The van der Waals surface area contributed by atoms with Crippen molar-refractivity contribution in [1.82, 2.24) is 4.98 Å². The third-order valence-corrected chi connectivity index (χ3v) is 5.47. The fourth-order valence-electron chi connectivity index (χ4n) is 2.76. The predicted octanol–water partition coefficient (Wildman–Crippen LogP) is 5.22. The van der Waals surface area contributed by atoms with Gasteiger partial charge < -0.3 is 10.1 Å². The first-order chi connectivity index (χ1) is 14.6. The van der Waals surface area contributed by atoms with Gasteiger partial charge in [0, 0.05) is 22.4 Å². The van der Waals surface area contributed by atoms with Crippen LogP contribution >= 0.6 is 0 Å². The minimum Gasteiger partial charge on any atom is -0.455 e. The average Bonchev–Trinajstić information content (AvgIpc) is 2.70. The van der Waals surface area contributed by atoms with Crippen molar-refractivity contribution in [3.05, 3.63) is 77.1 Å². The Balaban J connectivity index is 2.01. The van der Waals surface area contributed by atoms with Crippen LogP contribution in [-0.4, -0.2) is 21.4 Å². The Morgan fingerprint density at radius 3 is 2.52 bits per heavy atom. The summed E-state index contributed by atoms with van der Waals surface area (Å²) in [6.45, 7) is 0.328. The van der Waals surface area contributed by atoms with Crippen molar-refractivity contribution in [2.24, 2.45) is 0 Å². The number of amides is 1. The number of pyridine rings is 1. The fourth-order valence-corrected chi connectivity index (χ4v) is 3.45. The smallest absolute Gasteiger partial charge is 0.262 e. The molecule has 1 heterocycles. The van der Waals surface area contributed by atoms with Crippen molar-refractivity contribution >= 4 is 21.3 Å². The van der Waals surface area contributed by atoms with Crippen LogP contribution in [0, 0.1) is 23.5 Å². The number of hydrogen-bond acceptors (Lipinski definition) is 5. The standard InChI is InChI=1S/C21H18F3N3O3S/c1-12-16(8-9-18(23)26-12)30-17-7-6-13(11-22)20(24)19(17)21(28)27-14-4-3-5-15(10-14)31(2,25)29/h3-10,25H,11H2,1-2H3,(H,27,28). The van der Waals surface area contributed by atoms with Crippen LogP contribution in [-0.2, 0) is 16.4 Å². The van der Waals surface area contributed by atoms with E-state index in [0.29, 0.717) is 0 Å². The second kappa shape index (κ2) is 8.76. The van der Waals surface area contributed by atoms with Gasteiger partial charge in [-0.1, -0.05) is 6.07 Å². The molecular weight excluding hydrogens is 431 g/mol. The lowest BCUT2D eigenvalue weighted by Crippen LogP contribution is -2.16. The Bertz CT molecular complexity index is 1260. The van der Waals surface area contributed by atoms with Crippen LogP contribution in [0.5, 0.6) is 11.5 Å². The van der Waals surface area contributed by atoms with Crippen molar-refractivity contribution in [3.8, 4) is 11.5 Å². The SMILES string of the molecule is Cc1nc(F)ccc1Oc1ccc(CF)c(F)c1C(=O)Nc1cccc(S(C)(=N)=O)c1. The molecule has 1 unspecified atom stereocenters. The number of hydrogen-bond donors (Lipinski definition) is 2. The van der Waals surface area contributed by atoms with Gasteiger partial charge in [-0.2, -0.15) is 4.39 Å². The molecule has 0 spiro atoms. The number of rotatable bonds is 6. The third-order valence-electron chi connectivity index (χ3n) is 4.32. The monoisotopic (exact) mass is 449 g/mol. The third kappa shape index (κ3) is 5.02. The molecule has 0 radical (unpaired) electrons. The van der Waals surface area contributed by atoms with Crippen LogP contribution in [0.15, 0.2) is 53.4 Å². The second-order valence-electron chi connectivity index (χ2n) is 6.69. The summed E-state index contributed by atoms with van der Waals surface area (Å²) in [7, 11) is -3.04. The number of aromatic nitrogens is 1. The first-order valence-electron chi connectivity index (χ1n) is 8.93. The lowest BCUT2D eigenvalue weighted by molar-refractivity contribution is 0.102. The van der Waals surface area contributed by atoms with Crippen molar-refractivity contribution in [3.63, 3.8) is 0 Å². The topological polar surface area (TPSA) is 92.1 Å². The minimum atomic E-state index is -3.04. The van der Waals surface area contributed by atoms with E-state index in [-0.39, 0.29) is 33.3 Å². The molecule has 0 fully saturated rings. The highest BCUT2D eigenvalue weighted by molar-refractivity contribution is 7.91. The number of halogens is 3. The molecular formula is C21H18F3N3O3S. The predicted molar refractivity (Wildman–Crippen MR) is 110 cm³/mol. The van der Waals surface area contributed by atoms with Gasteiger partial charge in [0.25, 0.3) is 5.91 Å². The fraction of sp³-hybridized carbons (Fsp3) is 0.143. The Hall–Kier alpha value is -3.40. The molecule has 0 saturated carbocycles. The maximum absolute atomic E-state index is 14.9. The molecule has 6 nitrogen and oxygen atoms in total. The van der Waals surface area contributed by atoms with E-state index in [1.54, 1.807) is 0 Å². The first-order valence-corrected chi connectivity index (χ1v) is 10.9. The zero-order chi connectivity index (χ0) is 22.8. The second-order valence-corrected chi connectivity index (χ2v) is 8.85. The van der Waals surface area contributed by atoms with E-state index in [0.717, 1.165) is 12.1 Å². The molecule has 0 saturated heterocycles. The van der Waals surface area contributed by atoms with Gasteiger partial charge >= 0.3 is 0 Å². The number of nitrogens with one attached hydrogen (secondary N) is 2. The molecule has 1 aromatic heterocycles. The molecule has 3 aromatic rings. The lowest BCUT2D eigenvalue weighted by Gasteiger charge is -2.15. The summed E-state index contributed by atoms with van der Waals surface area (Å²) >= 11 is 0. The van der Waals surface area contributed by atoms with E-state index >= 15 is 0 Å². The molecule has 2 aromatic carbocycles. The largest absolute Gasteiger partial charge is 0.455 e. The molecule has 162 valence electrons. The van der Waals surface area contributed by atoms with E-state index in [2.05, 4.69) is 10.3 Å². The molecule has 1 amide bonds. The van der Waals surface area contributed by atoms with Crippen LogP contribution in [0.25, 0.3) is 0 Å². The summed E-state index contributed by atoms with van der Waals surface area (Å²) in [4.78, 5) is 16.7. The van der Waals surface area contributed by atoms with Gasteiger partial charge in [0.15, 0.2) is 0 Å². The molecule has 2 N–H and O–H groups in total. The number of carbonyl (C=O) groups is 1. The number of alkyl halides is 1. The van der Waals surface area contributed by atoms with Gasteiger partial charge in [-0.05, 0) is 49.4 Å². The van der Waals surface area contributed by atoms with Gasteiger partial charge in [0.05, 0.1) is 15.4 Å². The van der Waals surface area contributed by atoms with Crippen molar-refractivity contribution < 1.29 is 26.9 Å². The van der Waals surface area contributed by atoms with Crippen LogP contribution in [0.1, 0.15) is 21.6 Å². The highest BCUT2D eigenvalue weighted by atomic mass is 32.2. The van der Waals surface area contributed by atoms with E-state index < -0.39 is 39.6 Å². The number of carbonyl (C=O) groups excluding carboxylic acids is 1. The van der Waals surface area contributed by atoms with E-state index in [1.807, 2.05) is 0 Å². The highest BCUT2D eigenvalue weighted by Crippen LogP contribution is 2.31. The van der Waals surface area contributed by atoms with Gasteiger partial charge in [-0.25, -0.2) is 22.8 Å². The van der Waals surface area contributed by atoms with Crippen molar-refractivity contribution in [2.75, 3.05) is 11.6 Å². The number of anilines is 1. The quantitative estimate of drug-likeness (QED) is 0.505. The Kier molecular flexibility index (Phi) is 6.30. The van der Waals surface area contributed by atoms with Gasteiger partial charge in [-0.15, -0.1) is 0 Å². The van der Waals surface area contributed by atoms with Gasteiger partial charge in [-0.3, -0.25) is 4.79 Å². The van der Waals surface area contributed by atoms with Crippen LogP contribution in [0.3, 0.4) is 0 Å². The number of aryl methyl sites for hydroxylation is 1. The summed E-state index contributed by atoms with van der Waals surface area (Å²) < 4.78 is 66.5. The van der Waals surface area contributed by atoms with E-state index in [1.165, 1.54) is 49.6 Å². The molecule has 0 aliphatic heterocycles. The molecule has 3 rings (SSSR count). The summed E-state index contributed by atoms with van der Waals surface area (Å²) in [6, 6.07) is 10.4. The maximum atomic E-state index is 14.9. The molecule has 31 heavy (non-hydrogen) atoms. The molecule has 0 aliphatic carbocycles. The van der Waals surface area contributed by atoms with Gasteiger partial charge in [0.1, 0.15) is 29.6 Å². The van der Waals surface area contributed by atoms with Gasteiger partial charge in [0.2, 0.25) is 5.95 Å². The first kappa shape index (κ1) is 22.3. The zero-order valence-electron chi connectivity index (χ0n) is 16.5. The Morgan fingerprint density at radius 2 is 1.87 bits per heavy atom. The summed E-state index contributed by atoms with van der Waals surface area (Å²) in [6.07, 6.45) is 1.23. The Labute approximate surface area is 177 Å². The molecule has 1 atom stereocenters. The maximum Gasteiger partial charge on any atom is 0.262 e. The molecule has 0 aliphatic rings. The van der Waals surface area contributed by atoms with Crippen LogP contribution < -0.4 is 10.1 Å². The average molecular weight is 449 g/mol. The molecule has 0 bridgehead atoms. The minimum absolute atomic E-state index is 0.0878. The number of ether oxygens (including phenoxy) is 1.